The third kappa shape index (κ3) is 3.38. The van der Waals surface area contributed by atoms with Gasteiger partial charge in [-0.05, 0) is 25.0 Å². The Kier molecular flexibility index (Phi) is 4.48. The smallest absolute Gasteiger partial charge is 0.250 e. The van der Waals surface area contributed by atoms with Gasteiger partial charge in [0.15, 0.2) is 5.82 Å². The van der Waals surface area contributed by atoms with Crippen molar-refractivity contribution in [2.45, 2.75) is 31.0 Å². The maximum Gasteiger partial charge on any atom is 0.250 e. The van der Waals surface area contributed by atoms with Crippen molar-refractivity contribution in [3.8, 4) is 0 Å². The second-order valence-corrected chi connectivity index (χ2v) is 8.24. The topological polar surface area (TPSA) is 85.1 Å². The Morgan fingerprint density at radius 2 is 2.10 bits per heavy atom. The van der Waals surface area contributed by atoms with Gasteiger partial charge in [0.1, 0.15) is 10.3 Å². The van der Waals surface area contributed by atoms with Crippen LogP contribution in [0.25, 0.3) is 0 Å². The zero-order valence-electron chi connectivity index (χ0n) is 11.1. The molecule has 2 aromatic heterocycles. The van der Waals surface area contributed by atoms with Gasteiger partial charge < -0.3 is 4.52 Å². The Labute approximate surface area is 126 Å². The molecular weight excluding hydrogens is 322 g/mol. The number of hydrogen-bond donors (Lipinski definition) is 1. The van der Waals surface area contributed by atoms with E-state index in [1.165, 1.54) is 6.07 Å². The highest BCUT2D eigenvalue weighted by atomic mass is 35.5. The van der Waals surface area contributed by atoms with Crippen LogP contribution in [0, 0.1) is 12.8 Å². The second-order valence-electron chi connectivity index (χ2n) is 4.58. The van der Waals surface area contributed by atoms with E-state index in [0.717, 1.165) is 11.3 Å². The molecule has 110 valence electrons. The first-order valence-corrected chi connectivity index (χ1v) is 8.55. The van der Waals surface area contributed by atoms with Crippen molar-refractivity contribution in [3.05, 3.63) is 28.2 Å². The number of rotatable bonds is 5. The molecule has 0 saturated heterocycles. The van der Waals surface area contributed by atoms with Gasteiger partial charge in [0, 0.05) is 0 Å². The summed E-state index contributed by atoms with van der Waals surface area (Å²) in [5, 5.41) is 3.69. The summed E-state index contributed by atoms with van der Waals surface area (Å²) in [5.74, 6) is 0.674. The summed E-state index contributed by atoms with van der Waals surface area (Å²) < 4.78 is 32.8. The summed E-state index contributed by atoms with van der Waals surface area (Å²) in [7, 11) is -3.67. The summed E-state index contributed by atoms with van der Waals surface area (Å²) in [4.78, 5) is 4.09. The zero-order valence-corrected chi connectivity index (χ0v) is 13.5. The van der Waals surface area contributed by atoms with Gasteiger partial charge in [-0.2, -0.15) is 9.71 Å². The molecule has 1 atom stereocenters. The molecule has 20 heavy (non-hydrogen) atoms. The quantitative estimate of drug-likeness (QED) is 0.908. The highest BCUT2D eigenvalue weighted by Gasteiger charge is 2.29. The highest BCUT2D eigenvalue weighted by Crippen LogP contribution is 2.28. The van der Waals surface area contributed by atoms with Crippen molar-refractivity contribution in [3.63, 3.8) is 0 Å². The van der Waals surface area contributed by atoms with Gasteiger partial charge in [-0.3, -0.25) is 0 Å². The van der Waals surface area contributed by atoms with Crippen molar-refractivity contribution in [1.82, 2.24) is 14.9 Å². The fourth-order valence-corrected chi connectivity index (χ4v) is 4.42. The predicted molar refractivity (Wildman–Crippen MR) is 76.3 cm³/mol. The van der Waals surface area contributed by atoms with E-state index >= 15 is 0 Å². The zero-order chi connectivity index (χ0) is 14.9. The molecule has 0 fully saturated rings. The number of halogens is 1. The van der Waals surface area contributed by atoms with Crippen LogP contribution in [0.15, 0.2) is 20.9 Å². The number of aryl methyl sites for hydroxylation is 1. The lowest BCUT2D eigenvalue weighted by atomic mass is 10.1. The van der Waals surface area contributed by atoms with Crippen LogP contribution < -0.4 is 4.72 Å². The molecule has 2 aromatic rings. The Morgan fingerprint density at radius 3 is 2.55 bits per heavy atom. The molecule has 0 aliphatic rings. The van der Waals surface area contributed by atoms with Crippen LogP contribution in [0.3, 0.4) is 0 Å². The molecule has 1 N–H and O–H groups in total. The summed E-state index contributed by atoms with van der Waals surface area (Å²) in [6.07, 6.45) is 0. The van der Waals surface area contributed by atoms with Crippen molar-refractivity contribution in [2.24, 2.45) is 5.92 Å². The SMILES string of the molecule is Cc1noc(C(NS(=O)(=O)c2ccc(Cl)s2)C(C)C)n1. The predicted octanol–water partition coefficient (Wildman–Crippen LogP) is 2.77. The van der Waals surface area contributed by atoms with Crippen LogP contribution in [0.5, 0.6) is 0 Å². The van der Waals surface area contributed by atoms with Crippen LogP contribution in [0.1, 0.15) is 31.6 Å². The molecule has 0 radical (unpaired) electrons. The monoisotopic (exact) mass is 335 g/mol. The lowest BCUT2D eigenvalue weighted by molar-refractivity contribution is 0.310. The van der Waals surface area contributed by atoms with Gasteiger partial charge in [0.05, 0.1) is 4.34 Å². The summed E-state index contributed by atoms with van der Waals surface area (Å²) in [6.45, 7) is 5.42. The van der Waals surface area contributed by atoms with E-state index in [0.29, 0.717) is 10.2 Å². The average Bonchev–Trinajstić information content (AvgIpc) is 2.95. The summed E-state index contributed by atoms with van der Waals surface area (Å²) in [5.41, 5.74) is 0. The average molecular weight is 336 g/mol. The molecule has 0 saturated carbocycles. The maximum atomic E-state index is 12.3. The van der Waals surface area contributed by atoms with E-state index in [-0.39, 0.29) is 16.0 Å². The summed E-state index contributed by atoms with van der Waals surface area (Å²) in [6, 6.07) is 2.43. The van der Waals surface area contributed by atoms with Crippen molar-refractivity contribution < 1.29 is 12.9 Å². The van der Waals surface area contributed by atoms with Crippen molar-refractivity contribution in [2.75, 3.05) is 0 Å². The van der Waals surface area contributed by atoms with Gasteiger partial charge in [-0.25, -0.2) is 8.42 Å². The Bertz CT molecular complexity index is 693. The lowest BCUT2D eigenvalue weighted by Crippen LogP contribution is -2.31. The Balaban J connectivity index is 2.29. The first-order valence-electron chi connectivity index (χ1n) is 5.87. The van der Waals surface area contributed by atoms with E-state index < -0.39 is 16.1 Å². The van der Waals surface area contributed by atoms with Crippen molar-refractivity contribution >= 4 is 33.0 Å². The molecule has 0 amide bonds. The molecule has 1 unspecified atom stereocenters. The molecule has 2 rings (SSSR count). The molecule has 0 spiro atoms. The first-order chi connectivity index (χ1) is 9.29. The molecule has 0 aliphatic carbocycles. The van der Waals surface area contributed by atoms with E-state index in [2.05, 4.69) is 14.9 Å². The molecule has 0 aromatic carbocycles. The normalized spacial score (nSPS) is 13.8. The molecule has 9 heteroatoms. The van der Waals surface area contributed by atoms with Gasteiger partial charge >= 0.3 is 0 Å². The van der Waals surface area contributed by atoms with Crippen LogP contribution in [0.4, 0.5) is 0 Å². The van der Waals surface area contributed by atoms with Crippen LogP contribution >= 0.6 is 22.9 Å². The minimum Gasteiger partial charge on any atom is -0.338 e. The third-order valence-electron chi connectivity index (χ3n) is 2.57. The van der Waals surface area contributed by atoms with Gasteiger partial charge in [-0.1, -0.05) is 30.6 Å². The standard InChI is InChI=1S/C11H14ClN3O3S2/c1-6(2)10(11-13-7(3)14-18-11)15-20(16,17)9-5-4-8(12)19-9/h4-6,10,15H,1-3H3. The molecule has 0 bridgehead atoms. The van der Waals surface area contributed by atoms with E-state index in [9.17, 15) is 8.42 Å². The fraction of sp³-hybridized carbons (Fsp3) is 0.455. The number of nitrogens with zero attached hydrogens (tertiary/aromatic N) is 2. The van der Waals surface area contributed by atoms with Crippen LogP contribution in [-0.2, 0) is 10.0 Å². The molecule has 6 nitrogen and oxygen atoms in total. The second kappa shape index (κ2) is 5.80. The Hall–Kier alpha value is -0.960. The number of hydrogen-bond acceptors (Lipinski definition) is 6. The van der Waals surface area contributed by atoms with Crippen molar-refractivity contribution in [1.29, 1.82) is 0 Å². The van der Waals surface area contributed by atoms with Gasteiger partial charge in [0.2, 0.25) is 5.89 Å². The van der Waals surface area contributed by atoms with E-state index in [1.807, 2.05) is 13.8 Å². The first kappa shape index (κ1) is 15.4. The largest absolute Gasteiger partial charge is 0.338 e. The van der Waals surface area contributed by atoms with Gasteiger partial charge in [-0.15, -0.1) is 11.3 Å². The number of sulfonamides is 1. The Morgan fingerprint density at radius 1 is 1.40 bits per heavy atom. The minimum absolute atomic E-state index is 0.0416. The van der Waals surface area contributed by atoms with E-state index in [4.69, 9.17) is 16.1 Å². The number of nitrogens with one attached hydrogen (secondary N) is 1. The summed E-state index contributed by atoms with van der Waals surface area (Å²) >= 11 is 6.77. The molecule has 2 heterocycles. The fourth-order valence-electron chi connectivity index (χ4n) is 1.58. The van der Waals surface area contributed by atoms with Gasteiger partial charge in [0.25, 0.3) is 10.0 Å². The molecular formula is C11H14ClN3O3S2. The minimum atomic E-state index is -3.67. The maximum absolute atomic E-state index is 12.3. The number of aromatic nitrogens is 2. The van der Waals surface area contributed by atoms with Crippen LogP contribution in [0.2, 0.25) is 4.34 Å². The van der Waals surface area contributed by atoms with Crippen LogP contribution in [-0.4, -0.2) is 18.6 Å². The third-order valence-corrected chi connectivity index (χ3v) is 5.74. The highest BCUT2D eigenvalue weighted by molar-refractivity contribution is 7.91. The number of thiophene rings is 1. The molecule has 0 aliphatic heterocycles. The lowest BCUT2D eigenvalue weighted by Gasteiger charge is -2.17. The van der Waals surface area contributed by atoms with E-state index in [1.54, 1.807) is 13.0 Å².